The summed E-state index contributed by atoms with van der Waals surface area (Å²) in [5.74, 6) is 0.871. The Morgan fingerprint density at radius 1 is 1.43 bits per heavy atom. The summed E-state index contributed by atoms with van der Waals surface area (Å²) in [6.45, 7) is 6.21. The van der Waals surface area contributed by atoms with Gasteiger partial charge in [0.15, 0.2) is 0 Å². The average molecular weight is 306 g/mol. The zero-order chi connectivity index (χ0) is 15.4. The molecule has 1 fully saturated rings. The van der Waals surface area contributed by atoms with Crippen LogP contribution in [0.15, 0.2) is 6.07 Å². The van der Waals surface area contributed by atoms with E-state index in [2.05, 4.69) is 10.3 Å². The molecule has 0 saturated carbocycles. The van der Waals surface area contributed by atoms with E-state index in [4.69, 9.17) is 18.0 Å². The van der Waals surface area contributed by atoms with Gasteiger partial charge >= 0.3 is 0 Å². The highest BCUT2D eigenvalue weighted by Gasteiger charge is 2.17. The molecule has 1 aromatic heterocycles. The third kappa shape index (κ3) is 3.91. The molecule has 5 nitrogen and oxygen atoms in total. The van der Waals surface area contributed by atoms with Crippen molar-refractivity contribution in [3.8, 4) is 0 Å². The van der Waals surface area contributed by atoms with Crippen LogP contribution >= 0.6 is 12.2 Å². The SMILES string of the molecule is Cc1cc(C)c(C(N)=S)c(NCCC(=O)N2CCCC2)n1. The zero-order valence-electron chi connectivity index (χ0n) is 12.6. The van der Waals surface area contributed by atoms with E-state index in [1.165, 1.54) is 0 Å². The third-order valence-electron chi connectivity index (χ3n) is 3.68. The number of pyridine rings is 1. The Morgan fingerprint density at radius 3 is 2.71 bits per heavy atom. The Labute approximate surface area is 130 Å². The number of nitrogens with one attached hydrogen (secondary N) is 1. The minimum absolute atomic E-state index is 0.196. The predicted molar refractivity (Wildman–Crippen MR) is 88.5 cm³/mol. The van der Waals surface area contributed by atoms with E-state index in [0.717, 1.165) is 42.8 Å². The highest BCUT2D eigenvalue weighted by molar-refractivity contribution is 7.80. The van der Waals surface area contributed by atoms with Crippen LogP contribution in [-0.2, 0) is 4.79 Å². The van der Waals surface area contributed by atoms with E-state index >= 15 is 0 Å². The Kier molecular flexibility index (Phi) is 5.12. The first-order valence-corrected chi connectivity index (χ1v) is 7.69. The van der Waals surface area contributed by atoms with Crippen molar-refractivity contribution in [2.45, 2.75) is 33.1 Å². The van der Waals surface area contributed by atoms with Crippen molar-refractivity contribution in [2.75, 3.05) is 25.0 Å². The van der Waals surface area contributed by atoms with E-state index < -0.39 is 0 Å². The number of carbonyl (C=O) groups excluding carboxylic acids is 1. The topological polar surface area (TPSA) is 71.2 Å². The lowest BCUT2D eigenvalue weighted by Crippen LogP contribution is -2.29. The van der Waals surface area contributed by atoms with E-state index in [1.54, 1.807) is 0 Å². The van der Waals surface area contributed by atoms with Gasteiger partial charge in [0, 0.05) is 31.7 Å². The van der Waals surface area contributed by atoms with Gasteiger partial charge in [-0.25, -0.2) is 4.98 Å². The first-order chi connectivity index (χ1) is 9.99. The lowest BCUT2D eigenvalue weighted by molar-refractivity contribution is -0.129. The van der Waals surface area contributed by atoms with Crippen molar-refractivity contribution < 1.29 is 4.79 Å². The van der Waals surface area contributed by atoms with Crippen LogP contribution in [-0.4, -0.2) is 40.4 Å². The largest absolute Gasteiger partial charge is 0.389 e. The summed E-state index contributed by atoms with van der Waals surface area (Å²) in [5.41, 5.74) is 8.45. The Morgan fingerprint density at radius 2 is 2.10 bits per heavy atom. The number of carbonyl (C=O) groups is 1. The number of hydrogen-bond donors (Lipinski definition) is 2. The van der Waals surface area contributed by atoms with Gasteiger partial charge in [0.25, 0.3) is 0 Å². The lowest BCUT2D eigenvalue weighted by Gasteiger charge is -2.17. The first-order valence-electron chi connectivity index (χ1n) is 7.28. The second-order valence-electron chi connectivity index (χ2n) is 5.43. The summed E-state index contributed by atoms with van der Waals surface area (Å²) in [7, 11) is 0. The maximum Gasteiger partial charge on any atom is 0.224 e. The molecule has 1 aliphatic heterocycles. The predicted octanol–water partition coefficient (Wildman–Crippen LogP) is 1.76. The highest BCUT2D eigenvalue weighted by Crippen LogP contribution is 2.19. The second-order valence-corrected chi connectivity index (χ2v) is 5.87. The minimum Gasteiger partial charge on any atom is -0.389 e. The molecule has 0 aromatic carbocycles. The molecule has 0 bridgehead atoms. The van der Waals surface area contributed by atoms with Crippen molar-refractivity contribution in [1.82, 2.24) is 9.88 Å². The molecule has 6 heteroatoms. The van der Waals surface area contributed by atoms with Gasteiger partial charge in [-0.15, -0.1) is 0 Å². The molecule has 21 heavy (non-hydrogen) atoms. The van der Waals surface area contributed by atoms with Gasteiger partial charge in [-0.2, -0.15) is 0 Å². The summed E-state index contributed by atoms with van der Waals surface area (Å²) in [6, 6.07) is 1.95. The molecule has 2 heterocycles. The van der Waals surface area contributed by atoms with E-state index in [-0.39, 0.29) is 5.91 Å². The Bertz CT molecular complexity index is 553. The van der Waals surface area contributed by atoms with Crippen molar-refractivity contribution >= 4 is 28.9 Å². The zero-order valence-corrected chi connectivity index (χ0v) is 13.4. The van der Waals surface area contributed by atoms with Crippen molar-refractivity contribution in [1.29, 1.82) is 0 Å². The second kappa shape index (κ2) is 6.85. The van der Waals surface area contributed by atoms with Crippen LogP contribution in [0.4, 0.5) is 5.82 Å². The van der Waals surface area contributed by atoms with E-state index in [1.807, 2.05) is 24.8 Å². The molecular formula is C15H22N4OS. The van der Waals surface area contributed by atoms with Crippen LogP contribution in [0.25, 0.3) is 0 Å². The van der Waals surface area contributed by atoms with Crippen molar-refractivity contribution in [3.05, 3.63) is 22.9 Å². The molecule has 0 unspecified atom stereocenters. The summed E-state index contributed by atoms with van der Waals surface area (Å²) in [4.78, 5) is 18.7. The van der Waals surface area contributed by atoms with Crippen LogP contribution in [0, 0.1) is 13.8 Å². The maximum atomic E-state index is 12.0. The van der Waals surface area contributed by atoms with Gasteiger partial charge in [-0.05, 0) is 38.3 Å². The quantitative estimate of drug-likeness (QED) is 0.811. The molecule has 0 aliphatic carbocycles. The molecule has 1 aromatic rings. The summed E-state index contributed by atoms with van der Waals surface area (Å²) in [5, 5.41) is 3.20. The normalized spacial score (nSPS) is 14.3. The van der Waals surface area contributed by atoms with Crippen LogP contribution in [0.3, 0.4) is 0 Å². The minimum atomic E-state index is 0.196. The first kappa shape index (κ1) is 15.7. The molecular weight excluding hydrogens is 284 g/mol. The van der Waals surface area contributed by atoms with Gasteiger partial charge in [-0.1, -0.05) is 12.2 Å². The van der Waals surface area contributed by atoms with Gasteiger partial charge in [0.05, 0.1) is 5.56 Å². The number of nitrogens with two attached hydrogens (primary N) is 1. The molecule has 0 spiro atoms. The number of thiocarbonyl (C=S) groups is 1. The molecule has 1 aliphatic rings. The van der Waals surface area contributed by atoms with Gasteiger partial charge in [0.2, 0.25) is 5.91 Å². The maximum absolute atomic E-state index is 12.0. The van der Waals surface area contributed by atoms with Crippen molar-refractivity contribution in [2.24, 2.45) is 5.73 Å². The Balaban J connectivity index is 1.99. The number of nitrogens with zero attached hydrogens (tertiary/aromatic N) is 2. The van der Waals surface area contributed by atoms with Gasteiger partial charge in [-0.3, -0.25) is 4.79 Å². The summed E-state index contributed by atoms with van der Waals surface area (Å²) < 4.78 is 0. The molecule has 1 amide bonds. The molecule has 114 valence electrons. The van der Waals surface area contributed by atoms with Crippen LogP contribution in [0.5, 0.6) is 0 Å². The van der Waals surface area contributed by atoms with Crippen LogP contribution < -0.4 is 11.1 Å². The number of likely N-dealkylation sites (tertiary alicyclic amines) is 1. The number of anilines is 1. The molecule has 3 N–H and O–H groups in total. The Hall–Kier alpha value is -1.69. The lowest BCUT2D eigenvalue weighted by atomic mass is 10.1. The highest BCUT2D eigenvalue weighted by atomic mass is 32.1. The fraction of sp³-hybridized carbons (Fsp3) is 0.533. The average Bonchev–Trinajstić information content (AvgIpc) is 2.91. The fourth-order valence-electron chi connectivity index (χ4n) is 2.69. The van der Waals surface area contributed by atoms with E-state index in [9.17, 15) is 4.79 Å². The number of hydrogen-bond acceptors (Lipinski definition) is 4. The molecule has 2 rings (SSSR count). The van der Waals surface area contributed by atoms with Gasteiger partial charge in [0.1, 0.15) is 10.8 Å². The number of aromatic nitrogens is 1. The van der Waals surface area contributed by atoms with Crippen molar-refractivity contribution in [3.63, 3.8) is 0 Å². The third-order valence-corrected chi connectivity index (χ3v) is 3.89. The van der Waals surface area contributed by atoms with E-state index in [0.29, 0.717) is 23.8 Å². The molecule has 0 atom stereocenters. The number of amides is 1. The summed E-state index contributed by atoms with van der Waals surface area (Å²) in [6.07, 6.45) is 2.69. The molecule has 1 saturated heterocycles. The smallest absolute Gasteiger partial charge is 0.224 e. The van der Waals surface area contributed by atoms with Crippen LogP contribution in [0.2, 0.25) is 0 Å². The number of rotatable bonds is 5. The van der Waals surface area contributed by atoms with Crippen LogP contribution in [0.1, 0.15) is 36.1 Å². The molecule has 0 radical (unpaired) electrons. The monoisotopic (exact) mass is 306 g/mol. The van der Waals surface area contributed by atoms with Gasteiger partial charge < -0.3 is 16.0 Å². The fourth-order valence-corrected chi connectivity index (χ4v) is 2.95. The number of aryl methyl sites for hydroxylation is 2. The summed E-state index contributed by atoms with van der Waals surface area (Å²) >= 11 is 5.09. The standard InChI is InChI=1S/C15H22N4OS/c1-10-9-11(2)18-15(13(10)14(16)21)17-6-5-12(20)19-7-3-4-8-19/h9H,3-8H2,1-2H3,(H2,16,21)(H,17,18).